The molecule has 162 valence electrons. The molecule has 1 aliphatic rings. The summed E-state index contributed by atoms with van der Waals surface area (Å²) >= 11 is 1.49. The molecule has 3 rings (SSSR count). The Morgan fingerprint density at radius 2 is 1.70 bits per heavy atom. The molecule has 0 aliphatic carbocycles. The third-order valence-corrected chi connectivity index (χ3v) is 8.61. The van der Waals surface area contributed by atoms with E-state index in [9.17, 15) is 18.3 Å². The van der Waals surface area contributed by atoms with Gasteiger partial charge < -0.3 is 5.11 Å². The lowest BCUT2D eigenvalue weighted by molar-refractivity contribution is -0.134. The predicted molar refractivity (Wildman–Crippen MR) is 117 cm³/mol. The van der Waals surface area contributed by atoms with Crippen LogP contribution in [-0.4, -0.2) is 52.0 Å². The molecule has 0 aromatic heterocycles. The number of sulfonamides is 1. The molecule has 1 amide bonds. The van der Waals surface area contributed by atoms with Gasteiger partial charge in [0.15, 0.2) is 0 Å². The van der Waals surface area contributed by atoms with Gasteiger partial charge in [-0.1, -0.05) is 12.1 Å². The van der Waals surface area contributed by atoms with E-state index in [0.29, 0.717) is 5.75 Å². The molecule has 0 unspecified atom stereocenters. The Hall–Kier alpha value is -2.07. The summed E-state index contributed by atoms with van der Waals surface area (Å²) in [7, 11) is -3.95. The van der Waals surface area contributed by atoms with Gasteiger partial charge in [-0.2, -0.15) is 16.1 Å². The number of rotatable bonds is 4. The summed E-state index contributed by atoms with van der Waals surface area (Å²) in [5, 5.41) is 19.1. The monoisotopic (exact) mass is 450 g/mol. The molecule has 3 N–H and O–H groups in total. The molecule has 0 radical (unpaired) electrons. The van der Waals surface area contributed by atoms with E-state index in [1.54, 1.807) is 31.5 Å². The Morgan fingerprint density at radius 1 is 1.13 bits per heavy atom. The third kappa shape index (κ3) is 4.07. The summed E-state index contributed by atoms with van der Waals surface area (Å²) in [6.45, 7) is 7.38. The fraction of sp³-hybridized carbons (Fsp3) is 0.381. The van der Waals surface area contributed by atoms with Crippen LogP contribution in [0.25, 0.3) is 11.1 Å². The number of phenolic OH excluding ortho intramolecular Hbond substituents is 1. The van der Waals surface area contributed by atoms with Crippen LogP contribution in [0.4, 0.5) is 0 Å². The summed E-state index contributed by atoms with van der Waals surface area (Å²) in [5.74, 6) is 0.0464. The summed E-state index contributed by atoms with van der Waals surface area (Å²) < 4.78 is 27.1. The molecule has 2 aromatic rings. The number of hydrogen-bond donors (Lipinski definition) is 3. The zero-order chi connectivity index (χ0) is 22.3. The summed E-state index contributed by atoms with van der Waals surface area (Å²) in [6, 6.07) is 9.12. The number of aryl methyl sites for hydroxylation is 2. The second-order valence-corrected chi connectivity index (χ2v) is 11.6. The van der Waals surface area contributed by atoms with Crippen LogP contribution in [0.1, 0.15) is 25.0 Å². The number of benzene rings is 2. The summed E-state index contributed by atoms with van der Waals surface area (Å²) in [6.07, 6.45) is 0. The van der Waals surface area contributed by atoms with E-state index in [1.807, 2.05) is 26.0 Å². The van der Waals surface area contributed by atoms with Gasteiger partial charge in [0, 0.05) is 17.0 Å². The molecule has 0 bridgehead atoms. The standard InChI is InChI=1S/C21H26N2O5S2/c1-13-11-16(12-14(2)18(13)24)15-5-7-17(8-6-15)30(27,28)23-9-10-29-21(3,4)19(23)20(25)22-26/h5-8,11-12,19,24,26H,9-10H2,1-4H3,(H,22,25)/t19-/m0/s1. The molecule has 1 atom stereocenters. The smallest absolute Gasteiger partial charge is 0.263 e. The molecule has 9 heteroatoms. The molecular weight excluding hydrogens is 424 g/mol. The molecule has 7 nitrogen and oxygen atoms in total. The number of hydroxylamine groups is 1. The maximum absolute atomic E-state index is 13.3. The number of amides is 1. The highest BCUT2D eigenvalue weighted by Gasteiger charge is 2.48. The first-order valence-corrected chi connectivity index (χ1v) is 11.9. The van der Waals surface area contributed by atoms with Crippen LogP contribution >= 0.6 is 11.8 Å². The molecule has 1 fully saturated rings. The first kappa shape index (κ1) is 22.6. The molecule has 1 heterocycles. The molecule has 2 aromatic carbocycles. The van der Waals surface area contributed by atoms with Gasteiger partial charge in [0.05, 0.1) is 4.90 Å². The fourth-order valence-corrected chi connectivity index (χ4v) is 6.91. The van der Waals surface area contributed by atoms with Gasteiger partial charge in [-0.3, -0.25) is 10.0 Å². The van der Waals surface area contributed by atoms with Gasteiger partial charge in [-0.05, 0) is 74.2 Å². The average molecular weight is 451 g/mol. The lowest BCUT2D eigenvalue weighted by Gasteiger charge is -2.43. The number of carbonyl (C=O) groups is 1. The Labute approximate surface area is 181 Å². The minimum Gasteiger partial charge on any atom is -0.507 e. The second kappa shape index (κ2) is 8.22. The highest BCUT2D eigenvalue weighted by atomic mass is 32.2. The number of nitrogens with one attached hydrogen (secondary N) is 1. The van der Waals surface area contributed by atoms with Gasteiger partial charge >= 0.3 is 0 Å². The van der Waals surface area contributed by atoms with Gasteiger partial charge in [-0.25, -0.2) is 13.9 Å². The molecule has 0 spiro atoms. The van der Waals surface area contributed by atoms with Crippen molar-refractivity contribution < 1.29 is 23.5 Å². The van der Waals surface area contributed by atoms with Crippen molar-refractivity contribution in [3.63, 3.8) is 0 Å². The topological polar surface area (TPSA) is 107 Å². The van der Waals surface area contributed by atoms with Crippen LogP contribution < -0.4 is 5.48 Å². The highest BCUT2D eigenvalue weighted by Crippen LogP contribution is 2.38. The molecule has 30 heavy (non-hydrogen) atoms. The maximum Gasteiger partial charge on any atom is 0.263 e. The Kier molecular flexibility index (Phi) is 6.20. The predicted octanol–water partition coefficient (Wildman–Crippen LogP) is 3.07. The maximum atomic E-state index is 13.3. The number of carbonyl (C=O) groups excluding carboxylic acids is 1. The number of hydrogen-bond acceptors (Lipinski definition) is 6. The van der Waals surface area contributed by atoms with Crippen molar-refractivity contribution in [2.45, 2.75) is 43.4 Å². The van der Waals surface area contributed by atoms with E-state index < -0.39 is 26.7 Å². The zero-order valence-corrected chi connectivity index (χ0v) is 19.0. The van der Waals surface area contributed by atoms with Crippen LogP contribution in [0, 0.1) is 13.8 Å². The van der Waals surface area contributed by atoms with Crippen molar-refractivity contribution >= 4 is 27.7 Å². The Bertz CT molecular complexity index is 1040. The van der Waals surface area contributed by atoms with Crippen molar-refractivity contribution in [1.82, 2.24) is 9.79 Å². The van der Waals surface area contributed by atoms with Crippen molar-refractivity contribution in [1.29, 1.82) is 0 Å². The third-order valence-electron chi connectivity index (χ3n) is 5.38. The Balaban J connectivity index is 1.97. The first-order chi connectivity index (χ1) is 14.0. The second-order valence-electron chi connectivity index (χ2n) is 7.93. The van der Waals surface area contributed by atoms with Gasteiger partial charge in [0.2, 0.25) is 10.0 Å². The lowest BCUT2D eigenvalue weighted by Crippen LogP contribution is -2.61. The molecule has 0 saturated carbocycles. The van der Waals surface area contributed by atoms with E-state index >= 15 is 0 Å². The normalized spacial score (nSPS) is 19.4. The van der Waals surface area contributed by atoms with Gasteiger partial charge in [0.25, 0.3) is 5.91 Å². The van der Waals surface area contributed by atoms with Crippen LogP contribution in [0.5, 0.6) is 5.75 Å². The lowest BCUT2D eigenvalue weighted by atomic mass is 10.00. The number of phenols is 1. The van der Waals surface area contributed by atoms with E-state index in [1.165, 1.54) is 28.2 Å². The largest absolute Gasteiger partial charge is 0.507 e. The molecular formula is C21H26N2O5S2. The minimum atomic E-state index is -3.95. The molecule has 1 aliphatic heterocycles. The molecule has 1 saturated heterocycles. The van der Waals surface area contributed by atoms with E-state index in [4.69, 9.17) is 5.21 Å². The minimum absolute atomic E-state index is 0.0805. The van der Waals surface area contributed by atoms with Crippen molar-refractivity contribution in [2.75, 3.05) is 12.3 Å². The van der Waals surface area contributed by atoms with Crippen molar-refractivity contribution in [2.24, 2.45) is 0 Å². The first-order valence-electron chi connectivity index (χ1n) is 9.49. The van der Waals surface area contributed by atoms with E-state index in [0.717, 1.165) is 22.3 Å². The summed E-state index contributed by atoms with van der Waals surface area (Å²) in [4.78, 5) is 12.4. The van der Waals surface area contributed by atoms with Crippen molar-refractivity contribution in [3.8, 4) is 16.9 Å². The SMILES string of the molecule is Cc1cc(-c2ccc(S(=O)(=O)N3CCSC(C)(C)[C@@H]3C(=O)NO)cc2)cc(C)c1O. The van der Waals surface area contributed by atoms with Crippen LogP contribution in [0.15, 0.2) is 41.3 Å². The number of nitrogens with zero attached hydrogens (tertiary/aromatic N) is 1. The van der Waals surface area contributed by atoms with E-state index in [-0.39, 0.29) is 17.2 Å². The fourth-order valence-electron chi connectivity index (χ4n) is 3.80. The van der Waals surface area contributed by atoms with Gasteiger partial charge in [-0.15, -0.1) is 0 Å². The van der Waals surface area contributed by atoms with Gasteiger partial charge in [0.1, 0.15) is 11.8 Å². The van der Waals surface area contributed by atoms with Crippen LogP contribution in [0.2, 0.25) is 0 Å². The highest BCUT2D eigenvalue weighted by molar-refractivity contribution is 8.00. The van der Waals surface area contributed by atoms with Crippen LogP contribution in [0.3, 0.4) is 0 Å². The average Bonchev–Trinajstić information content (AvgIpc) is 2.70. The Morgan fingerprint density at radius 3 is 2.23 bits per heavy atom. The quantitative estimate of drug-likeness (QED) is 0.488. The zero-order valence-electron chi connectivity index (χ0n) is 17.3. The van der Waals surface area contributed by atoms with Crippen molar-refractivity contribution in [3.05, 3.63) is 47.5 Å². The van der Waals surface area contributed by atoms with Crippen LogP contribution in [-0.2, 0) is 14.8 Å². The number of thioether (sulfide) groups is 1. The summed E-state index contributed by atoms with van der Waals surface area (Å²) in [5.41, 5.74) is 4.79. The number of aromatic hydroxyl groups is 1. The van der Waals surface area contributed by atoms with E-state index in [2.05, 4.69) is 0 Å².